The highest BCUT2D eigenvalue weighted by atomic mass is 16.6. The van der Waals surface area contributed by atoms with Crippen molar-refractivity contribution in [3.8, 4) is 0 Å². The van der Waals surface area contributed by atoms with Gasteiger partial charge in [0.05, 0.1) is 0 Å². The molecule has 464 valence electrons. The van der Waals surface area contributed by atoms with Crippen molar-refractivity contribution in [3.05, 3.63) is 146 Å². The van der Waals surface area contributed by atoms with Crippen LogP contribution < -0.4 is 0 Å². The maximum atomic E-state index is 12.9. The molecule has 1 atom stereocenters. The van der Waals surface area contributed by atoms with E-state index in [-0.39, 0.29) is 37.5 Å². The van der Waals surface area contributed by atoms with E-state index in [2.05, 4.69) is 161 Å². The van der Waals surface area contributed by atoms with Gasteiger partial charge in [0, 0.05) is 19.3 Å². The fraction of sp³-hybridized carbons (Fsp3) is 0.645. The molecule has 0 radical (unpaired) electrons. The zero-order valence-corrected chi connectivity index (χ0v) is 53.2. The van der Waals surface area contributed by atoms with Crippen molar-refractivity contribution in [3.63, 3.8) is 0 Å². The van der Waals surface area contributed by atoms with Gasteiger partial charge >= 0.3 is 17.9 Å². The summed E-state index contributed by atoms with van der Waals surface area (Å²) >= 11 is 0. The van der Waals surface area contributed by atoms with E-state index in [1.54, 1.807) is 0 Å². The maximum absolute atomic E-state index is 12.9. The van der Waals surface area contributed by atoms with Gasteiger partial charge in [-0.15, -0.1) is 0 Å². The number of ether oxygens (including phenoxy) is 3. The number of esters is 3. The average molecular weight is 1130 g/mol. The van der Waals surface area contributed by atoms with Crippen LogP contribution >= 0.6 is 0 Å². The van der Waals surface area contributed by atoms with Crippen LogP contribution in [0.2, 0.25) is 0 Å². The summed E-state index contributed by atoms with van der Waals surface area (Å²) in [6, 6.07) is 0. The summed E-state index contributed by atoms with van der Waals surface area (Å²) in [6.07, 6.45) is 98.8. The van der Waals surface area contributed by atoms with Gasteiger partial charge < -0.3 is 14.2 Å². The minimum atomic E-state index is -0.818. The zero-order valence-electron chi connectivity index (χ0n) is 53.2. The summed E-state index contributed by atoms with van der Waals surface area (Å²) in [5.74, 6) is -1.00. The molecule has 0 aliphatic carbocycles. The Labute approximate surface area is 506 Å². The fourth-order valence-corrected chi connectivity index (χ4v) is 9.12. The van der Waals surface area contributed by atoms with E-state index in [1.165, 1.54) is 122 Å². The summed E-state index contributed by atoms with van der Waals surface area (Å²) in [7, 11) is 0. The Kier molecular flexibility index (Phi) is 64.8. The van der Waals surface area contributed by atoms with Gasteiger partial charge in [0.2, 0.25) is 0 Å². The van der Waals surface area contributed by atoms with E-state index < -0.39 is 6.10 Å². The van der Waals surface area contributed by atoms with E-state index in [0.29, 0.717) is 19.3 Å². The predicted molar refractivity (Wildman–Crippen MR) is 357 cm³/mol. The van der Waals surface area contributed by atoms with E-state index in [1.807, 2.05) is 6.08 Å². The molecule has 0 saturated heterocycles. The standard InChI is InChI=1S/C76H124O6/c1-4-7-10-13-16-19-22-25-27-29-31-33-34-35-36-37-38-39-40-41-42-43-45-46-48-51-54-57-60-63-66-69-75(78)81-72-73(71-80-74(77)68-65-62-59-56-53-50-24-21-18-15-12-9-6-3)82-76(79)70-67-64-61-58-55-52-49-47-44-32-30-28-26-23-20-17-14-11-8-5-2/h7,9-10,12,16,18-19,21,25,27,31,33,35-36,38-39,41-42,45-46,50,53,59,62,73H,4-6,8,11,13-15,17,20,22-24,26,28-30,32,34,37,40,43-44,47-49,51-52,54-58,60-61,63-72H2,1-3H3/b10-7-,12-9-,19-16-,21-18-,27-25-,33-31-,36-35-,39-38-,42-41-,46-45-,53-50-,62-59-. The van der Waals surface area contributed by atoms with Crippen molar-refractivity contribution in [1.82, 2.24) is 0 Å². The third-order valence-electron chi connectivity index (χ3n) is 14.1. The Morgan fingerprint density at radius 3 is 0.817 bits per heavy atom. The highest BCUT2D eigenvalue weighted by molar-refractivity contribution is 5.71. The predicted octanol–water partition coefficient (Wildman–Crippen LogP) is 23.5. The first-order chi connectivity index (χ1) is 40.5. The molecule has 0 heterocycles. The molecule has 1 unspecified atom stereocenters. The van der Waals surface area contributed by atoms with Crippen LogP contribution in [0, 0.1) is 0 Å². The van der Waals surface area contributed by atoms with E-state index >= 15 is 0 Å². The van der Waals surface area contributed by atoms with Crippen LogP contribution in [0.25, 0.3) is 0 Å². The van der Waals surface area contributed by atoms with Gasteiger partial charge in [-0.05, 0) is 109 Å². The summed E-state index contributed by atoms with van der Waals surface area (Å²) in [5.41, 5.74) is 0. The van der Waals surface area contributed by atoms with Crippen LogP contribution in [0.5, 0.6) is 0 Å². The fourth-order valence-electron chi connectivity index (χ4n) is 9.12. The van der Waals surface area contributed by atoms with Gasteiger partial charge in [-0.3, -0.25) is 14.4 Å². The molecule has 0 fully saturated rings. The van der Waals surface area contributed by atoms with E-state index in [4.69, 9.17) is 14.2 Å². The van der Waals surface area contributed by atoms with Crippen LogP contribution in [0.3, 0.4) is 0 Å². The van der Waals surface area contributed by atoms with Gasteiger partial charge in [0.15, 0.2) is 6.10 Å². The molecule has 0 N–H and O–H groups in total. The monoisotopic (exact) mass is 1130 g/mol. The van der Waals surface area contributed by atoms with Gasteiger partial charge in [-0.25, -0.2) is 0 Å². The summed E-state index contributed by atoms with van der Waals surface area (Å²) in [4.78, 5) is 38.3. The van der Waals surface area contributed by atoms with Gasteiger partial charge in [0.1, 0.15) is 13.2 Å². The number of carbonyl (C=O) groups excluding carboxylic acids is 3. The number of unbranched alkanes of at least 4 members (excludes halogenated alkanes) is 25. The van der Waals surface area contributed by atoms with Crippen molar-refractivity contribution >= 4 is 17.9 Å². The molecule has 0 aromatic carbocycles. The highest BCUT2D eigenvalue weighted by Gasteiger charge is 2.19. The van der Waals surface area contributed by atoms with Crippen LogP contribution in [0.1, 0.15) is 297 Å². The number of hydrogen-bond donors (Lipinski definition) is 0. The first kappa shape index (κ1) is 77.3. The molecule has 0 spiro atoms. The second-order valence-electron chi connectivity index (χ2n) is 22.0. The lowest BCUT2D eigenvalue weighted by molar-refractivity contribution is -0.166. The topological polar surface area (TPSA) is 78.9 Å². The Balaban J connectivity index is 4.37. The normalized spacial score (nSPS) is 13.1. The Hall–Kier alpha value is -4.71. The average Bonchev–Trinajstić information content (AvgIpc) is 3.47. The lowest BCUT2D eigenvalue weighted by atomic mass is 10.0. The molecule has 0 aromatic heterocycles. The first-order valence-corrected chi connectivity index (χ1v) is 33.8. The first-order valence-electron chi connectivity index (χ1n) is 33.8. The van der Waals surface area contributed by atoms with Gasteiger partial charge in [-0.2, -0.15) is 0 Å². The van der Waals surface area contributed by atoms with Crippen molar-refractivity contribution < 1.29 is 28.6 Å². The zero-order chi connectivity index (χ0) is 59.2. The molecule has 0 saturated carbocycles. The van der Waals surface area contributed by atoms with E-state index in [9.17, 15) is 14.4 Å². The maximum Gasteiger partial charge on any atom is 0.306 e. The molecule has 0 aromatic rings. The van der Waals surface area contributed by atoms with Crippen molar-refractivity contribution in [1.29, 1.82) is 0 Å². The van der Waals surface area contributed by atoms with Crippen LogP contribution in [0.15, 0.2) is 146 Å². The molecule has 0 aliphatic rings. The third-order valence-corrected chi connectivity index (χ3v) is 14.1. The second kappa shape index (κ2) is 68.8. The molecule has 6 nitrogen and oxygen atoms in total. The number of rotatable bonds is 60. The van der Waals surface area contributed by atoms with Crippen LogP contribution in [0.4, 0.5) is 0 Å². The summed E-state index contributed by atoms with van der Waals surface area (Å²) in [6.45, 7) is 6.35. The number of allylic oxidation sites excluding steroid dienone is 24. The quantitative estimate of drug-likeness (QED) is 0.0261. The summed E-state index contributed by atoms with van der Waals surface area (Å²) < 4.78 is 16.9. The van der Waals surface area contributed by atoms with Gasteiger partial charge in [-0.1, -0.05) is 314 Å². The number of hydrogen-bond acceptors (Lipinski definition) is 6. The largest absolute Gasteiger partial charge is 0.462 e. The Bertz CT molecular complexity index is 1780. The number of carbonyl (C=O) groups is 3. The molecule has 82 heavy (non-hydrogen) atoms. The van der Waals surface area contributed by atoms with Crippen molar-refractivity contribution in [2.75, 3.05) is 13.2 Å². The minimum Gasteiger partial charge on any atom is -0.462 e. The van der Waals surface area contributed by atoms with Gasteiger partial charge in [0.25, 0.3) is 0 Å². The molecular weight excluding hydrogens is 1010 g/mol. The third kappa shape index (κ3) is 66.1. The van der Waals surface area contributed by atoms with Crippen molar-refractivity contribution in [2.45, 2.75) is 303 Å². The lowest BCUT2D eigenvalue weighted by Crippen LogP contribution is -2.30. The second-order valence-corrected chi connectivity index (χ2v) is 22.0. The van der Waals surface area contributed by atoms with Crippen LogP contribution in [-0.4, -0.2) is 37.2 Å². The molecule has 0 aliphatic heterocycles. The van der Waals surface area contributed by atoms with Crippen molar-refractivity contribution in [2.24, 2.45) is 0 Å². The highest BCUT2D eigenvalue weighted by Crippen LogP contribution is 2.16. The lowest BCUT2D eigenvalue weighted by Gasteiger charge is -2.18. The minimum absolute atomic E-state index is 0.110. The Morgan fingerprint density at radius 2 is 0.500 bits per heavy atom. The summed E-state index contributed by atoms with van der Waals surface area (Å²) in [5, 5.41) is 0. The van der Waals surface area contributed by atoms with E-state index in [0.717, 1.165) is 128 Å². The SMILES string of the molecule is CC/C=C\C/C=C\C/C=C\C/C=C\C/C=C\C/C=C\C/C=C\C/C=C\CCCCCCCCC(=O)OCC(COC(=O)CC/C=C\C/C=C\C/C=C\C/C=C\CC)OC(=O)CCCCCCCCCCCCCCCCCCCCCC. The Morgan fingerprint density at radius 1 is 0.256 bits per heavy atom. The molecule has 6 heteroatoms. The molecule has 0 bridgehead atoms. The molecule has 0 rings (SSSR count). The molecule has 0 amide bonds. The van der Waals surface area contributed by atoms with Crippen LogP contribution in [-0.2, 0) is 28.6 Å². The smallest absolute Gasteiger partial charge is 0.306 e. The molecular formula is C76H124O6.